The summed E-state index contributed by atoms with van der Waals surface area (Å²) in [5, 5.41) is 25.5. The lowest BCUT2D eigenvalue weighted by Gasteiger charge is -2.45. The van der Waals surface area contributed by atoms with Gasteiger partial charge in [-0.25, -0.2) is 9.97 Å². The molecule has 3 fully saturated rings. The van der Waals surface area contributed by atoms with Gasteiger partial charge in [0.25, 0.3) is 0 Å². The molecular weight excluding hydrogens is 376 g/mol. The number of anilines is 1. The van der Waals surface area contributed by atoms with Gasteiger partial charge in [0.2, 0.25) is 0 Å². The molecule has 2 aromatic rings. The highest BCUT2D eigenvalue weighted by Gasteiger charge is 2.46. The molecule has 0 aromatic carbocycles. The van der Waals surface area contributed by atoms with E-state index in [-0.39, 0.29) is 5.60 Å². The number of piperidine rings is 1. The van der Waals surface area contributed by atoms with Gasteiger partial charge in [-0.15, -0.1) is 0 Å². The predicted molar refractivity (Wildman–Crippen MR) is 105 cm³/mol. The second-order valence-corrected chi connectivity index (χ2v) is 8.31. The second kappa shape index (κ2) is 7.46. The van der Waals surface area contributed by atoms with Crippen molar-refractivity contribution in [3.63, 3.8) is 0 Å². The number of morpholine rings is 1. The van der Waals surface area contributed by atoms with Crippen LogP contribution in [0.5, 0.6) is 0 Å². The van der Waals surface area contributed by atoms with E-state index in [0.717, 1.165) is 39.0 Å². The van der Waals surface area contributed by atoms with Crippen LogP contribution in [0.4, 0.5) is 5.82 Å². The number of hydrogen-bond donors (Lipinski definition) is 4. The topological polar surface area (TPSA) is 131 Å². The molecule has 2 aromatic heterocycles. The molecule has 158 valence electrons. The SMILES string of the molecule is Nc1ncnc2c1ccn2[C@@H]1O[C@H](CN2CCOC3(CCCNC3)C2)[C@@H](O)[C@H]1O. The molecule has 3 aliphatic heterocycles. The van der Waals surface area contributed by atoms with Crippen LogP contribution in [0.1, 0.15) is 19.1 Å². The molecule has 3 saturated heterocycles. The number of aliphatic hydroxyl groups excluding tert-OH is 2. The normalized spacial score (nSPS) is 36.2. The summed E-state index contributed by atoms with van der Waals surface area (Å²) in [6, 6.07) is 1.79. The lowest BCUT2D eigenvalue weighted by atomic mass is 9.92. The van der Waals surface area contributed by atoms with Crippen molar-refractivity contribution in [2.24, 2.45) is 0 Å². The van der Waals surface area contributed by atoms with Crippen LogP contribution < -0.4 is 11.1 Å². The molecule has 10 heteroatoms. The van der Waals surface area contributed by atoms with Crippen molar-refractivity contribution in [1.29, 1.82) is 0 Å². The van der Waals surface area contributed by atoms with Crippen LogP contribution >= 0.6 is 0 Å². The molecule has 10 nitrogen and oxygen atoms in total. The Hall–Kier alpha value is -1.82. The first-order valence-corrected chi connectivity index (χ1v) is 10.2. The number of hydrogen-bond acceptors (Lipinski definition) is 9. The van der Waals surface area contributed by atoms with Gasteiger partial charge in [0, 0.05) is 32.4 Å². The number of aromatic nitrogens is 3. The van der Waals surface area contributed by atoms with Crippen LogP contribution in [-0.4, -0.2) is 92.9 Å². The van der Waals surface area contributed by atoms with E-state index in [4.69, 9.17) is 15.2 Å². The number of nitrogen functional groups attached to an aromatic ring is 1. The minimum absolute atomic E-state index is 0.164. The maximum absolute atomic E-state index is 10.7. The zero-order valence-electron chi connectivity index (χ0n) is 16.3. The fraction of sp³-hybridized carbons (Fsp3) is 0.684. The van der Waals surface area contributed by atoms with Gasteiger partial charge < -0.3 is 35.3 Å². The highest BCUT2D eigenvalue weighted by atomic mass is 16.6. The molecule has 3 aliphatic rings. The molecule has 1 unspecified atom stereocenters. The smallest absolute Gasteiger partial charge is 0.164 e. The summed E-state index contributed by atoms with van der Waals surface area (Å²) < 4.78 is 13.9. The maximum atomic E-state index is 10.7. The number of fused-ring (bicyclic) bond motifs is 1. The molecule has 5 N–H and O–H groups in total. The first kappa shape index (κ1) is 19.2. The molecule has 0 bridgehead atoms. The summed E-state index contributed by atoms with van der Waals surface area (Å²) >= 11 is 0. The van der Waals surface area contributed by atoms with Gasteiger partial charge in [-0.3, -0.25) is 4.90 Å². The van der Waals surface area contributed by atoms with Crippen molar-refractivity contribution >= 4 is 16.9 Å². The van der Waals surface area contributed by atoms with Crippen molar-refractivity contribution in [3.8, 4) is 0 Å². The monoisotopic (exact) mass is 404 g/mol. The van der Waals surface area contributed by atoms with Crippen molar-refractivity contribution in [2.75, 3.05) is 45.1 Å². The lowest BCUT2D eigenvalue weighted by molar-refractivity contribution is -0.131. The van der Waals surface area contributed by atoms with E-state index in [0.29, 0.717) is 30.0 Å². The van der Waals surface area contributed by atoms with Crippen LogP contribution in [0.25, 0.3) is 11.0 Å². The molecule has 0 radical (unpaired) electrons. The number of nitrogens with zero attached hydrogens (tertiary/aromatic N) is 4. The number of nitrogens with one attached hydrogen (secondary N) is 1. The molecule has 5 rings (SSSR count). The van der Waals surface area contributed by atoms with Crippen LogP contribution in [0.15, 0.2) is 18.6 Å². The average Bonchev–Trinajstić information content (AvgIpc) is 3.26. The second-order valence-electron chi connectivity index (χ2n) is 8.31. The molecule has 5 heterocycles. The Morgan fingerprint density at radius 2 is 2.21 bits per heavy atom. The van der Waals surface area contributed by atoms with E-state index in [1.54, 1.807) is 16.8 Å². The summed E-state index contributed by atoms with van der Waals surface area (Å²) in [4.78, 5) is 10.5. The van der Waals surface area contributed by atoms with Gasteiger partial charge in [0.15, 0.2) is 6.23 Å². The quantitative estimate of drug-likeness (QED) is 0.513. The van der Waals surface area contributed by atoms with Crippen molar-refractivity contribution < 1.29 is 19.7 Å². The summed E-state index contributed by atoms with van der Waals surface area (Å²) in [7, 11) is 0. The number of nitrogens with two attached hydrogens (primary N) is 1. The predicted octanol–water partition coefficient (Wildman–Crippen LogP) is -0.913. The van der Waals surface area contributed by atoms with Gasteiger partial charge in [-0.1, -0.05) is 0 Å². The average molecular weight is 404 g/mol. The Labute approximate surface area is 168 Å². The summed E-state index contributed by atoms with van der Waals surface area (Å²) in [6.07, 6.45) is 2.00. The number of ether oxygens (including phenoxy) is 2. The molecule has 1 spiro atoms. The fourth-order valence-corrected chi connectivity index (χ4v) is 4.84. The van der Waals surface area contributed by atoms with Crippen LogP contribution in [0.2, 0.25) is 0 Å². The molecule has 0 aliphatic carbocycles. The first-order chi connectivity index (χ1) is 14.1. The van der Waals surface area contributed by atoms with E-state index in [9.17, 15) is 10.2 Å². The Balaban J connectivity index is 1.31. The molecule has 0 saturated carbocycles. The van der Waals surface area contributed by atoms with E-state index in [1.807, 2.05) is 0 Å². The summed E-state index contributed by atoms with van der Waals surface area (Å²) in [6.45, 7) is 4.65. The Bertz CT molecular complexity index is 864. The van der Waals surface area contributed by atoms with Crippen LogP contribution in [0, 0.1) is 0 Å². The van der Waals surface area contributed by atoms with Gasteiger partial charge in [0.05, 0.1) is 17.6 Å². The molecule has 29 heavy (non-hydrogen) atoms. The molecular formula is C19H28N6O4. The van der Waals surface area contributed by atoms with Crippen molar-refractivity contribution in [3.05, 3.63) is 18.6 Å². The van der Waals surface area contributed by atoms with Crippen molar-refractivity contribution in [1.82, 2.24) is 24.8 Å². The van der Waals surface area contributed by atoms with Gasteiger partial charge in [-0.2, -0.15) is 0 Å². The largest absolute Gasteiger partial charge is 0.387 e. The third-order valence-electron chi connectivity index (χ3n) is 6.35. The fourth-order valence-electron chi connectivity index (χ4n) is 4.84. The zero-order chi connectivity index (χ0) is 20.0. The molecule has 5 atom stereocenters. The minimum Gasteiger partial charge on any atom is -0.387 e. The van der Waals surface area contributed by atoms with E-state index < -0.39 is 24.5 Å². The zero-order valence-corrected chi connectivity index (χ0v) is 16.3. The Kier molecular flexibility index (Phi) is 4.93. The highest BCUT2D eigenvalue weighted by Crippen LogP contribution is 2.34. The van der Waals surface area contributed by atoms with E-state index in [1.165, 1.54) is 6.33 Å². The summed E-state index contributed by atoms with van der Waals surface area (Å²) in [5.74, 6) is 0.373. The third kappa shape index (κ3) is 3.39. The standard InChI is InChI=1S/C19H28N6O4/c20-16-12-2-5-25(17(12)23-11-22-16)18-15(27)14(26)13(29-18)8-24-6-7-28-19(10-24)3-1-4-21-9-19/h2,5,11,13-15,18,21,26-27H,1,3-4,6-10H2,(H2,20,22,23)/t13-,14-,15-,18-,19?/m1/s1. The molecule has 0 amide bonds. The minimum atomic E-state index is -1.06. The highest BCUT2D eigenvalue weighted by molar-refractivity contribution is 5.86. The third-order valence-corrected chi connectivity index (χ3v) is 6.35. The van der Waals surface area contributed by atoms with Crippen LogP contribution in [-0.2, 0) is 9.47 Å². The van der Waals surface area contributed by atoms with Crippen molar-refractivity contribution in [2.45, 2.75) is 43.0 Å². The lowest BCUT2D eigenvalue weighted by Crippen LogP contribution is -2.60. The van der Waals surface area contributed by atoms with Gasteiger partial charge in [-0.05, 0) is 25.5 Å². The maximum Gasteiger partial charge on any atom is 0.164 e. The number of rotatable bonds is 3. The van der Waals surface area contributed by atoms with Crippen LogP contribution in [0.3, 0.4) is 0 Å². The summed E-state index contributed by atoms with van der Waals surface area (Å²) in [5.41, 5.74) is 6.32. The Morgan fingerprint density at radius 1 is 1.31 bits per heavy atom. The van der Waals surface area contributed by atoms with Gasteiger partial charge >= 0.3 is 0 Å². The van der Waals surface area contributed by atoms with Gasteiger partial charge in [0.1, 0.15) is 36.1 Å². The first-order valence-electron chi connectivity index (χ1n) is 10.2. The number of aliphatic hydroxyl groups is 2. The Morgan fingerprint density at radius 3 is 3.03 bits per heavy atom. The van der Waals surface area contributed by atoms with E-state index in [2.05, 4.69) is 20.2 Å². The van der Waals surface area contributed by atoms with E-state index >= 15 is 0 Å².